The first-order chi connectivity index (χ1) is 14.6. The fourth-order valence-corrected chi connectivity index (χ4v) is 5.05. The maximum absolute atomic E-state index is 13.3. The van der Waals surface area contributed by atoms with Crippen molar-refractivity contribution in [3.05, 3.63) is 45.2 Å². The van der Waals surface area contributed by atoms with Gasteiger partial charge in [0.1, 0.15) is 15.8 Å². The van der Waals surface area contributed by atoms with Crippen LogP contribution in [-0.2, 0) is 9.53 Å². The Hall–Kier alpha value is -2.23. The lowest BCUT2D eigenvalue weighted by molar-refractivity contribution is -0.122. The molecule has 2 fully saturated rings. The molecule has 4 heterocycles. The quantitative estimate of drug-likeness (QED) is 0.386. The molecule has 0 atom stereocenters. The Morgan fingerprint density at radius 2 is 2.03 bits per heavy atom. The zero-order chi connectivity index (χ0) is 21.1. The van der Waals surface area contributed by atoms with Gasteiger partial charge >= 0.3 is 0 Å². The summed E-state index contributed by atoms with van der Waals surface area (Å²) < 4.78 is 7.11. The molecule has 1 amide bonds. The lowest BCUT2D eigenvalue weighted by Gasteiger charge is -2.29. The van der Waals surface area contributed by atoms with Crippen molar-refractivity contribution in [1.82, 2.24) is 14.3 Å². The second-order valence-corrected chi connectivity index (χ2v) is 8.99. The highest BCUT2D eigenvalue weighted by atomic mass is 32.2. The average molecular weight is 445 g/mol. The number of amides is 1. The van der Waals surface area contributed by atoms with Crippen molar-refractivity contribution in [3.8, 4) is 0 Å². The van der Waals surface area contributed by atoms with E-state index in [0.29, 0.717) is 45.8 Å². The first-order valence-corrected chi connectivity index (χ1v) is 11.3. The number of fused-ring (bicyclic) bond motifs is 1. The normalized spacial score (nSPS) is 18.8. The molecule has 2 aromatic heterocycles. The van der Waals surface area contributed by atoms with Crippen molar-refractivity contribution >= 4 is 51.7 Å². The number of carbonyl (C=O) groups excluding carboxylic acids is 1. The fraction of sp³-hybridized carbons (Fsp3) is 0.429. The molecule has 0 bridgehead atoms. The summed E-state index contributed by atoms with van der Waals surface area (Å²) >= 11 is 6.64. The molecule has 158 valence electrons. The summed E-state index contributed by atoms with van der Waals surface area (Å²) in [5, 5.41) is 0. The molecular formula is C21H24N4O3S2. The fourth-order valence-electron chi connectivity index (χ4n) is 3.75. The molecule has 0 radical (unpaired) electrons. The monoisotopic (exact) mass is 444 g/mol. The first-order valence-electron chi connectivity index (χ1n) is 10.1. The van der Waals surface area contributed by atoms with Crippen molar-refractivity contribution in [1.29, 1.82) is 0 Å². The van der Waals surface area contributed by atoms with E-state index < -0.39 is 0 Å². The van der Waals surface area contributed by atoms with Gasteiger partial charge in [-0.3, -0.25) is 18.9 Å². The molecule has 0 spiro atoms. The van der Waals surface area contributed by atoms with E-state index in [9.17, 15) is 9.59 Å². The second kappa shape index (κ2) is 9.28. The molecular weight excluding hydrogens is 420 g/mol. The third kappa shape index (κ3) is 4.14. The van der Waals surface area contributed by atoms with E-state index in [4.69, 9.17) is 21.9 Å². The van der Waals surface area contributed by atoms with E-state index in [2.05, 4.69) is 4.90 Å². The number of hydrogen-bond acceptors (Lipinski definition) is 7. The highest BCUT2D eigenvalue weighted by Crippen LogP contribution is 2.34. The van der Waals surface area contributed by atoms with Crippen LogP contribution in [0.2, 0.25) is 0 Å². The van der Waals surface area contributed by atoms with Gasteiger partial charge in [-0.15, -0.1) is 0 Å². The van der Waals surface area contributed by atoms with Crippen molar-refractivity contribution in [3.63, 3.8) is 0 Å². The predicted molar refractivity (Wildman–Crippen MR) is 124 cm³/mol. The summed E-state index contributed by atoms with van der Waals surface area (Å²) in [4.78, 5) is 35.3. The molecule has 2 aliphatic heterocycles. The molecule has 2 saturated heterocycles. The topological polar surface area (TPSA) is 67.2 Å². The molecule has 0 N–H and O–H groups in total. The van der Waals surface area contributed by atoms with E-state index in [1.54, 1.807) is 30.3 Å². The first kappa shape index (κ1) is 21.0. The SMILES string of the molecule is COCCCN1C(=O)C(=Cc2c(N3CCCCC3)nc3ccccn3c2=O)SC1=S. The van der Waals surface area contributed by atoms with Gasteiger partial charge in [-0.25, -0.2) is 4.98 Å². The van der Waals surface area contributed by atoms with E-state index in [0.717, 1.165) is 25.9 Å². The smallest absolute Gasteiger partial charge is 0.267 e. The number of pyridine rings is 1. The molecule has 30 heavy (non-hydrogen) atoms. The van der Waals surface area contributed by atoms with Crippen LogP contribution in [0.25, 0.3) is 11.7 Å². The Kier molecular flexibility index (Phi) is 6.50. The van der Waals surface area contributed by atoms with Crippen LogP contribution >= 0.6 is 24.0 Å². The van der Waals surface area contributed by atoms with Crippen LogP contribution in [0.15, 0.2) is 34.1 Å². The maximum atomic E-state index is 13.3. The number of thiocarbonyl (C=S) groups is 1. The maximum Gasteiger partial charge on any atom is 0.267 e. The summed E-state index contributed by atoms with van der Waals surface area (Å²) in [7, 11) is 1.63. The van der Waals surface area contributed by atoms with Crippen LogP contribution in [0.3, 0.4) is 0 Å². The Morgan fingerprint density at radius 3 is 2.80 bits per heavy atom. The highest BCUT2D eigenvalue weighted by Gasteiger charge is 2.32. The highest BCUT2D eigenvalue weighted by molar-refractivity contribution is 8.26. The van der Waals surface area contributed by atoms with Gasteiger partial charge in [0.25, 0.3) is 11.5 Å². The summed E-state index contributed by atoms with van der Waals surface area (Å²) in [6.45, 7) is 2.78. The summed E-state index contributed by atoms with van der Waals surface area (Å²) in [6.07, 6.45) is 7.40. The number of rotatable bonds is 6. The van der Waals surface area contributed by atoms with Crippen LogP contribution in [0, 0.1) is 0 Å². The van der Waals surface area contributed by atoms with E-state index >= 15 is 0 Å². The van der Waals surface area contributed by atoms with E-state index in [1.165, 1.54) is 22.6 Å². The van der Waals surface area contributed by atoms with Gasteiger partial charge < -0.3 is 9.64 Å². The van der Waals surface area contributed by atoms with Crippen LogP contribution in [0.4, 0.5) is 5.82 Å². The van der Waals surface area contributed by atoms with Crippen LogP contribution < -0.4 is 10.5 Å². The molecule has 2 aromatic rings. The molecule has 0 aliphatic carbocycles. The number of anilines is 1. The zero-order valence-electron chi connectivity index (χ0n) is 16.9. The number of nitrogens with zero attached hydrogens (tertiary/aromatic N) is 4. The van der Waals surface area contributed by atoms with Gasteiger partial charge in [0.15, 0.2) is 0 Å². The standard InChI is InChI=1S/C21H24N4O3S2/c1-28-13-7-12-25-20(27)16(30-21(25)29)14-15-18(23-9-4-2-5-10-23)22-17-8-3-6-11-24(17)19(15)26/h3,6,8,11,14H,2,4-5,7,9-10,12-13H2,1H3. The minimum Gasteiger partial charge on any atom is -0.385 e. The van der Waals surface area contributed by atoms with Gasteiger partial charge in [0.2, 0.25) is 0 Å². The Morgan fingerprint density at radius 1 is 1.23 bits per heavy atom. The Labute approximate surface area is 184 Å². The molecule has 7 nitrogen and oxygen atoms in total. The number of ether oxygens (including phenoxy) is 1. The second-order valence-electron chi connectivity index (χ2n) is 7.31. The molecule has 2 aliphatic rings. The molecule has 9 heteroatoms. The largest absolute Gasteiger partial charge is 0.385 e. The Bertz CT molecular complexity index is 1060. The lowest BCUT2D eigenvalue weighted by Crippen LogP contribution is -2.33. The van der Waals surface area contributed by atoms with E-state index in [-0.39, 0.29) is 11.5 Å². The number of hydrogen-bond donors (Lipinski definition) is 0. The van der Waals surface area contributed by atoms with Gasteiger partial charge in [-0.1, -0.05) is 30.0 Å². The van der Waals surface area contributed by atoms with Crippen molar-refractivity contribution in [2.45, 2.75) is 25.7 Å². The zero-order valence-corrected chi connectivity index (χ0v) is 18.5. The average Bonchev–Trinajstić information content (AvgIpc) is 3.03. The van der Waals surface area contributed by atoms with Gasteiger partial charge in [0, 0.05) is 39.5 Å². The van der Waals surface area contributed by atoms with Crippen molar-refractivity contribution in [2.75, 3.05) is 38.3 Å². The summed E-state index contributed by atoms with van der Waals surface area (Å²) in [5.74, 6) is 0.485. The van der Waals surface area contributed by atoms with Gasteiger partial charge in [-0.05, 0) is 43.9 Å². The third-order valence-electron chi connectivity index (χ3n) is 5.28. The van der Waals surface area contributed by atoms with Crippen LogP contribution in [0.5, 0.6) is 0 Å². The van der Waals surface area contributed by atoms with Gasteiger partial charge in [0.05, 0.1) is 10.5 Å². The molecule has 4 rings (SSSR count). The molecule has 0 aromatic carbocycles. The summed E-state index contributed by atoms with van der Waals surface area (Å²) in [6, 6.07) is 5.50. The third-order valence-corrected chi connectivity index (χ3v) is 6.66. The van der Waals surface area contributed by atoms with Crippen molar-refractivity contribution < 1.29 is 9.53 Å². The van der Waals surface area contributed by atoms with E-state index in [1.807, 2.05) is 12.1 Å². The molecule has 0 saturated carbocycles. The summed E-state index contributed by atoms with van der Waals surface area (Å²) in [5.41, 5.74) is 0.871. The predicted octanol–water partition coefficient (Wildman–Crippen LogP) is 2.92. The molecule has 0 unspecified atom stereocenters. The number of aromatic nitrogens is 2. The number of piperidine rings is 1. The number of carbonyl (C=O) groups is 1. The Balaban J connectivity index is 1.76. The van der Waals surface area contributed by atoms with Crippen molar-refractivity contribution in [2.24, 2.45) is 0 Å². The minimum atomic E-state index is -0.175. The van der Waals surface area contributed by atoms with Gasteiger partial charge in [-0.2, -0.15) is 0 Å². The number of thioether (sulfide) groups is 1. The minimum absolute atomic E-state index is 0.164. The van der Waals surface area contributed by atoms with Crippen LogP contribution in [-0.4, -0.2) is 57.9 Å². The van der Waals surface area contributed by atoms with Crippen LogP contribution in [0.1, 0.15) is 31.2 Å². The lowest BCUT2D eigenvalue weighted by atomic mass is 10.1. The number of methoxy groups -OCH3 is 1.